The second-order valence-electron chi connectivity index (χ2n) is 16.5. The minimum atomic E-state index is -0.151. The lowest BCUT2D eigenvalue weighted by atomic mass is 9.34. The zero-order chi connectivity index (χ0) is 38.0. The third-order valence-electron chi connectivity index (χ3n) is 11.7. The topological polar surface area (TPSA) is 54.1 Å². The summed E-state index contributed by atoms with van der Waals surface area (Å²) in [4.78, 5) is 10.1. The Labute approximate surface area is 326 Å². The van der Waals surface area contributed by atoms with Crippen LogP contribution in [-0.2, 0) is 5.41 Å². The van der Waals surface area contributed by atoms with Gasteiger partial charge in [-0.2, -0.15) is 0 Å². The molecule has 2 aliphatic rings. The first-order valence-electron chi connectivity index (χ1n) is 19.3. The second-order valence-corrected chi connectivity index (χ2v) is 16.5. The molecule has 6 nitrogen and oxygen atoms in total. The van der Waals surface area contributed by atoms with Crippen LogP contribution in [0.4, 0.5) is 0 Å². The molecule has 5 heterocycles. The SMILES string of the molecule is Cc1cc(C)c(-n2c(-c3ccc4c(c3)B3c5cc6c(cc5Oc5cc(C(C)(C)C)cc(c53)O4)c3ccccc3n6-c3ccccn3)nc3ccccc32)c(C)c1. The number of fused-ring (bicyclic) bond motifs is 8. The molecule has 9 aromatic rings. The Hall–Kier alpha value is -6.60. The summed E-state index contributed by atoms with van der Waals surface area (Å²) in [5, 5.41) is 2.28. The maximum absolute atomic E-state index is 6.99. The van der Waals surface area contributed by atoms with E-state index in [4.69, 9.17) is 19.4 Å². The van der Waals surface area contributed by atoms with Crippen molar-refractivity contribution in [3.8, 4) is 45.9 Å². The summed E-state index contributed by atoms with van der Waals surface area (Å²) in [6.45, 7) is 13.1. The van der Waals surface area contributed by atoms with Gasteiger partial charge in [0.05, 0.1) is 27.8 Å². The number of rotatable bonds is 3. The van der Waals surface area contributed by atoms with Gasteiger partial charge >= 0.3 is 0 Å². The molecular formula is C49H39BN4O2. The molecule has 0 saturated heterocycles. The number of ether oxygens (including phenoxy) is 2. The van der Waals surface area contributed by atoms with Gasteiger partial charge in [-0.3, -0.25) is 9.13 Å². The number of hydrogen-bond donors (Lipinski definition) is 0. The number of aromatic nitrogens is 4. The van der Waals surface area contributed by atoms with E-state index in [-0.39, 0.29) is 12.1 Å². The van der Waals surface area contributed by atoms with Crippen molar-refractivity contribution >= 4 is 55.9 Å². The fourth-order valence-electron chi connectivity index (χ4n) is 9.24. The van der Waals surface area contributed by atoms with E-state index >= 15 is 0 Å². The third kappa shape index (κ3) is 4.76. The van der Waals surface area contributed by atoms with Crippen molar-refractivity contribution in [3.63, 3.8) is 0 Å². The van der Waals surface area contributed by atoms with Crippen LogP contribution >= 0.6 is 0 Å². The third-order valence-corrected chi connectivity index (χ3v) is 11.7. The highest BCUT2D eigenvalue weighted by Crippen LogP contribution is 2.42. The number of nitrogens with zero attached hydrogens (tertiary/aromatic N) is 4. The summed E-state index contributed by atoms with van der Waals surface area (Å²) in [7, 11) is 0. The van der Waals surface area contributed by atoms with Gasteiger partial charge in [-0.15, -0.1) is 0 Å². The molecule has 56 heavy (non-hydrogen) atoms. The molecule has 2 aliphatic heterocycles. The number of hydrogen-bond acceptors (Lipinski definition) is 4. The fourth-order valence-corrected chi connectivity index (χ4v) is 9.24. The van der Waals surface area contributed by atoms with E-state index in [1.165, 1.54) is 22.3 Å². The van der Waals surface area contributed by atoms with E-state index < -0.39 is 0 Å². The molecule has 6 aromatic carbocycles. The molecule has 270 valence electrons. The molecule has 0 unspecified atom stereocenters. The molecule has 0 saturated carbocycles. The van der Waals surface area contributed by atoms with Crippen molar-refractivity contribution in [2.75, 3.05) is 0 Å². The van der Waals surface area contributed by atoms with Gasteiger partial charge in [-0.05, 0) is 121 Å². The highest BCUT2D eigenvalue weighted by molar-refractivity contribution is 6.98. The lowest BCUT2D eigenvalue weighted by Crippen LogP contribution is -2.57. The van der Waals surface area contributed by atoms with E-state index in [2.05, 4.69) is 160 Å². The Morgan fingerprint density at radius 2 is 1.29 bits per heavy atom. The first kappa shape index (κ1) is 32.8. The van der Waals surface area contributed by atoms with E-state index in [0.29, 0.717) is 0 Å². The fraction of sp³-hybridized carbons (Fsp3) is 0.143. The van der Waals surface area contributed by atoms with Crippen LogP contribution in [0.5, 0.6) is 23.0 Å². The Morgan fingerprint density at radius 1 is 0.589 bits per heavy atom. The number of pyridine rings is 1. The van der Waals surface area contributed by atoms with E-state index in [0.717, 1.165) is 95.1 Å². The van der Waals surface area contributed by atoms with Crippen LogP contribution in [0.25, 0.3) is 55.7 Å². The van der Waals surface area contributed by atoms with Crippen molar-refractivity contribution in [1.82, 2.24) is 19.1 Å². The van der Waals surface area contributed by atoms with Crippen molar-refractivity contribution in [3.05, 3.63) is 150 Å². The van der Waals surface area contributed by atoms with E-state index in [1.54, 1.807) is 0 Å². The molecule has 0 fully saturated rings. The Morgan fingerprint density at radius 3 is 2.04 bits per heavy atom. The summed E-state index contributed by atoms with van der Waals surface area (Å²) < 4.78 is 18.5. The minimum Gasteiger partial charge on any atom is -0.458 e. The number of aryl methyl sites for hydroxylation is 3. The predicted molar refractivity (Wildman–Crippen MR) is 229 cm³/mol. The summed E-state index contributed by atoms with van der Waals surface area (Å²) >= 11 is 0. The quantitative estimate of drug-likeness (QED) is 0.170. The second kappa shape index (κ2) is 11.7. The van der Waals surface area contributed by atoms with E-state index in [1.807, 2.05) is 18.3 Å². The van der Waals surface area contributed by atoms with Crippen LogP contribution in [0, 0.1) is 20.8 Å². The minimum absolute atomic E-state index is 0.108. The van der Waals surface area contributed by atoms with Crippen LogP contribution in [0.2, 0.25) is 0 Å². The maximum atomic E-state index is 6.99. The Bertz CT molecular complexity index is 3090. The van der Waals surface area contributed by atoms with Crippen molar-refractivity contribution in [2.45, 2.75) is 47.0 Å². The molecule has 0 aliphatic carbocycles. The first-order chi connectivity index (χ1) is 27.1. The van der Waals surface area contributed by atoms with Gasteiger partial charge in [-0.1, -0.05) is 80.9 Å². The zero-order valence-electron chi connectivity index (χ0n) is 32.3. The maximum Gasteiger partial charge on any atom is 0.260 e. The van der Waals surface area contributed by atoms with Gasteiger partial charge in [0.2, 0.25) is 0 Å². The standard InChI is InChI=1S/C49H39BN4O2/c1-28-21-29(2)47(30(3)22-28)54-39-16-10-8-14-37(39)52-48(54)31-18-19-41-35(23-31)50-36-27-40-34(33-13-7-9-15-38(33)53(40)45-17-11-12-20-51-45)26-42(36)56-44-25-32(49(4,5)6)24-43(55-41)46(44)50/h7-27H,1-6H3. The van der Waals surface area contributed by atoms with Crippen molar-refractivity contribution in [1.29, 1.82) is 0 Å². The molecule has 0 bridgehead atoms. The molecular weight excluding hydrogens is 687 g/mol. The van der Waals surface area contributed by atoms with Gasteiger partial charge in [0.15, 0.2) is 0 Å². The van der Waals surface area contributed by atoms with Crippen LogP contribution in [0.1, 0.15) is 43.0 Å². The molecule has 0 radical (unpaired) electrons. The highest BCUT2D eigenvalue weighted by atomic mass is 16.5. The van der Waals surface area contributed by atoms with Gasteiger partial charge in [0.25, 0.3) is 6.71 Å². The Balaban J connectivity index is 1.19. The molecule has 0 amide bonds. The summed E-state index contributed by atoms with van der Waals surface area (Å²) in [5.41, 5.74) is 14.4. The Kier molecular flexibility index (Phi) is 6.86. The van der Waals surface area contributed by atoms with Gasteiger partial charge < -0.3 is 9.47 Å². The van der Waals surface area contributed by atoms with Crippen LogP contribution in [0.3, 0.4) is 0 Å². The van der Waals surface area contributed by atoms with Crippen LogP contribution in [0.15, 0.2) is 128 Å². The number of para-hydroxylation sites is 3. The summed E-state index contributed by atoms with van der Waals surface area (Å²) in [5.74, 6) is 5.15. The smallest absolute Gasteiger partial charge is 0.260 e. The first-order valence-corrected chi connectivity index (χ1v) is 19.3. The van der Waals surface area contributed by atoms with Crippen LogP contribution in [-0.4, -0.2) is 25.8 Å². The largest absolute Gasteiger partial charge is 0.458 e. The highest BCUT2D eigenvalue weighted by Gasteiger charge is 2.42. The van der Waals surface area contributed by atoms with Gasteiger partial charge in [0, 0.05) is 28.0 Å². The zero-order valence-corrected chi connectivity index (χ0v) is 32.3. The average Bonchev–Trinajstić information content (AvgIpc) is 3.72. The molecule has 3 aromatic heterocycles. The van der Waals surface area contributed by atoms with Gasteiger partial charge in [-0.25, -0.2) is 9.97 Å². The number of imidazole rings is 1. The molecule has 0 atom stereocenters. The predicted octanol–water partition coefficient (Wildman–Crippen LogP) is 10.1. The van der Waals surface area contributed by atoms with Crippen molar-refractivity contribution < 1.29 is 9.47 Å². The average molecular weight is 727 g/mol. The molecule has 7 heteroatoms. The van der Waals surface area contributed by atoms with Gasteiger partial charge in [0.1, 0.15) is 34.6 Å². The van der Waals surface area contributed by atoms with E-state index in [9.17, 15) is 0 Å². The molecule has 0 N–H and O–H groups in total. The monoisotopic (exact) mass is 726 g/mol. The normalized spacial score (nSPS) is 13.1. The summed E-state index contributed by atoms with van der Waals surface area (Å²) in [6.07, 6.45) is 1.86. The molecule has 0 spiro atoms. The van der Waals surface area contributed by atoms with Crippen LogP contribution < -0.4 is 25.9 Å². The number of benzene rings is 6. The lowest BCUT2D eigenvalue weighted by molar-refractivity contribution is 0.459. The van der Waals surface area contributed by atoms with Crippen molar-refractivity contribution in [2.24, 2.45) is 0 Å². The molecule has 11 rings (SSSR count). The lowest BCUT2D eigenvalue weighted by Gasteiger charge is -2.35. The summed E-state index contributed by atoms with van der Waals surface area (Å²) in [6, 6.07) is 43.2.